The molecule has 1 saturated carbocycles. The van der Waals surface area contributed by atoms with Gasteiger partial charge in [0.1, 0.15) is 6.10 Å². The first kappa shape index (κ1) is 20.7. The molecule has 30 heavy (non-hydrogen) atoms. The average Bonchev–Trinajstić information content (AvgIpc) is 3.43. The molecule has 0 aromatic heterocycles. The molecule has 0 radical (unpaired) electrons. The molecular formula is C23H38N4O3. The Morgan fingerprint density at radius 2 is 1.80 bits per heavy atom. The van der Waals surface area contributed by atoms with Crippen molar-refractivity contribution < 1.29 is 14.3 Å². The molecule has 5 rings (SSSR count). The van der Waals surface area contributed by atoms with Crippen LogP contribution in [0.4, 0.5) is 0 Å². The van der Waals surface area contributed by atoms with Crippen LogP contribution in [0.2, 0.25) is 0 Å². The van der Waals surface area contributed by atoms with E-state index >= 15 is 0 Å². The van der Waals surface area contributed by atoms with Gasteiger partial charge in [-0.15, -0.1) is 0 Å². The summed E-state index contributed by atoms with van der Waals surface area (Å²) in [5.41, 5.74) is 0. The van der Waals surface area contributed by atoms with E-state index in [1.54, 1.807) is 6.92 Å². The molecule has 8 atom stereocenters. The SMILES string of the molecule is CC(=O)N1C2CCC(C3CCC4NCCC4N3)CC2N(C(=O)C2CCCO2)C[C@@H]1C. The van der Waals surface area contributed by atoms with Crippen LogP contribution in [0, 0.1) is 5.92 Å². The Balaban J connectivity index is 1.34. The molecule has 7 heteroatoms. The maximum atomic E-state index is 13.4. The van der Waals surface area contributed by atoms with Crippen molar-refractivity contribution in [1.82, 2.24) is 20.4 Å². The van der Waals surface area contributed by atoms with E-state index < -0.39 is 0 Å². The fourth-order valence-corrected chi connectivity index (χ4v) is 7.14. The van der Waals surface area contributed by atoms with Crippen molar-refractivity contribution in [2.24, 2.45) is 5.92 Å². The van der Waals surface area contributed by atoms with Gasteiger partial charge in [0.2, 0.25) is 5.91 Å². The quantitative estimate of drug-likeness (QED) is 0.706. The second-order valence-electron chi connectivity index (χ2n) is 10.3. The lowest BCUT2D eigenvalue weighted by molar-refractivity contribution is -0.160. The molecule has 0 aromatic rings. The summed E-state index contributed by atoms with van der Waals surface area (Å²) in [6.45, 7) is 6.24. The fourth-order valence-electron chi connectivity index (χ4n) is 7.14. The number of piperidine rings is 1. The number of rotatable bonds is 2. The predicted molar refractivity (Wildman–Crippen MR) is 114 cm³/mol. The normalized spacial score (nSPS) is 43.9. The van der Waals surface area contributed by atoms with Crippen LogP contribution in [0.3, 0.4) is 0 Å². The minimum absolute atomic E-state index is 0.0729. The van der Waals surface area contributed by atoms with Gasteiger partial charge in [-0.25, -0.2) is 0 Å². The topological polar surface area (TPSA) is 73.9 Å². The summed E-state index contributed by atoms with van der Waals surface area (Å²) in [5.74, 6) is 0.889. The van der Waals surface area contributed by atoms with Crippen molar-refractivity contribution in [2.75, 3.05) is 19.7 Å². The van der Waals surface area contributed by atoms with Gasteiger partial charge in [-0.3, -0.25) is 9.59 Å². The third-order valence-corrected chi connectivity index (χ3v) is 8.50. The first-order valence-corrected chi connectivity index (χ1v) is 12.2. The molecule has 2 amide bonds. The maximum absolute atomic E-state index is 13.4. The van der Waals surface area contributed by atoms with Crippen LogP contribution in [0.15, 0.2) is 0 Å². The summed E-state index contributed by atoms with van der Waals surface area (Å²) < 4.78 is 5.76. The van der Waals surface area contributed by atoms with Crippen molar-refractivity contribution in [3.63, 3.8) is 0 Å². The molecule has 5 fully saturated rings. The lowest BCUT2D eigenvalue weighted by Crippen LogP contribution is -2.68. The van der Waals surface area contributed by atoms with E-state index in [1.807, 2.05) is 0 Å². The number of ether oxygens (including phenoxy) is 1. The zero-order valence-corrected chi connectivity index (χ0v) is 18.5. The molecule has 2 N–H and O–H groups in total. The minimum atomic E-state index is -0.278. The summed E-state index contributed by atoms with van der Waals surface area (Å²) >= 11 is 0. The molecule has 7 nitrogen and oxygen atoms in total. The van der Waals surface area contributed by atoms with Gasteiger partial charge in [0.15, 0.2) is 0 Å². The van der Waals surface area contributed by atoms with Gasteiger partial charge in [0, 0.05) is 44.2 Å². The monoisotopic (exact) mass is 418 g/mol. The largest absolute Gasteiger partial charge is 0.368 e. The molecular weight excluding hydrogens is 380 g/mol. The lowest BCUT2D eigenvalue weighted by atomic mass is 9.73. The second kappa shape index (κ2) is 8.40. The average molecular weight is 419 g/mol. The first-order valence-electron chi connectivity index (χ1n) is 12.2. The van der Waals surface area contributed by atoms with Crippen LogP contribution in [0.25, 0.3) is 0 Å². The van der Waals surface area contributed by atoms with E-state index in [4.69, 9.17) is 4.74 Å². The van der Waals surface area contributed by atoms with Crippen molar-refractivity contribution in [3.8, 4) is 0 Å². The third kappa shape index (κ3) is 3.67. The van der Waals surface area contributed by atoms with Gasteiger partial charge in [-0.2, -0.15) is 0 Å². The van der Waals surface area contributed by atoms with Gasteiger partial charge in [-0.1, -0.05) is 0 Å². The van der Waals surface area contributed by atoms with E-state index in [0.717, 1.165) is 38.6 Å². The predicted octanol–water partition coefficient (Wildman–Crippen LogP) is 1.26. The number of piperazine rings is 1. The Bertz CT molecular complexity index is 667. The first-order chi connectivity index (χ1) is 14.5. The van der Waals surface area contributed by atoms with E-state index in [9.17, 15) is 9.59 Å². The molecule has 4 aliphatic heterocycles. The molecule has 0 bridgehead atoms. The number of amides is 2. The van der Waals surface area contributed by atoms with Crippen LogP contribution < -0.4 is 10.6 Å². The molecule has 1 aliphatic carbocycles. The Morgan fingerprint density at radius 1 is 0.967 bits per heavy atom. The number of hydrogen-bond acceptors (Lipinski definition) is 5. The number of carbonyl (C=O) groups excluding carboxylic acids is 2. The zero-order valence-electron chi connectivity index (χ0n) is 18.5. The number of nitrogens with one attached hydrogen (secondary N) is 2. The highest BCUT2D eigenvalue weighted by atomic mass is 16.5. The minimum Gasteiger partial charge on any atom is -0.368 e. The molecule has 4 saturated heterocycles. The number of carbonyl (C=O) groups is 2. The van der Waals surface area contributed by atoms with Crippen LogP contribution in [0.1, 0.15) is 65.2 Å². The highest BCUT2D eigenvalue weighted by molar-refractivity contribution is 5.82. The Morgan fingerprint density at radius 3 is 2.57 bits per heavy atom. The van der Waals surface area contributed by atoms with Crippen molar-refractivity contribution in [1.29, 1.82) is 0 Å². The Hall–Kier alpha value is -1.18. The highest BCUT2D eigenvalue weighted by Gasteiger charge is 2.49. The van der Waals surface area contributed by atoms with Crippen molar-refractivity contribution in [2.45, 2.75) is 108 Å². The van der Waals surface area contributed by atoms with E-state index in [0.29, 0.717) is 37.2 Å². The van der Waals surface area contributed by atoms with Gasteiger partial charge in [-0.05, 0) is 70.8 Å². The van der Waals surface area contributed by atoms with Crippen LogP contribution in [0.5, 0.6) is 0 Å². The van der Waals surface area contributed by atoms with Gasteiger partial charge < -0.3 is 25.2 Å². The van der Waals surface area contributed by atoms with Crippen molar-refractivity contribution in [3.05, 3.63) is 0 Å². The summed E-state index contributed by atoms with van der Waals surface area (Å²) in [6, 6.07) is 2.13. The summed E-state index contributed by atoms with van der Waals surface area (Å²) in [6.07, 6.45) is 8.35. The fraction of sp³-hybridized carbons (Fsp3) is 0.913. The molecule has 0 aromatic carbocycles. The Kier molecular flexibility index (Phi) is 5.80. The standard InChI is InChI=1S/C23H38N4O3/c1-14-13-26(23(29)22-4-3-11-30-22)21-12-16(5-8-20(21)27(14)15(2)28)17-6-7-18-19(25-17)9-10-24-18/h14,16-22,24-25H,3-13H2,1-2H3/t14-,16?,17?,18?,19?,20?,21?,22?/m0/s1. The number of nitrogens with zero attached hydrogens (tertiary/aromatic N) is 2. The van der Waals surface area contributed by atoms with Gasteiger partial charge in [0.05, 0.1) is 12.1 Å². The van der Waals surface area contributed by atoms with E-state index in [1.165, 1.54) is 19.3 Å². The maximum Gasteiger partial charge on any atom is 0.252 e. The molecule has 5 aliphatic rings. The smallest absolute Gasteiger partial charge is 0.252 e. The van der Waals surface area contributed by atoms with Crippen LogP contribution in [-0.4, -0.2) is 83.7 Å². The summed E-state index contributed by atoms with van der Waals surface area (Å²) in [5, 5.41) is 7.58. The lowest BCUT2D eigenvalue weighted by Gasteiger charge is -2.55. The summed E-state index contributed by atoms with van der Waals surface area (Å²) in [7, 11) is 0. The molecule has 0 spiro atoms. The molecule has 7 unspecified atom stereocenters. The third-order valence-electron chi connectivity index (χ3n) is 8.50. The number of fused-ring (bicyclic) bond motifs is 2. The van der Waals surface area contributed by atoms with Crippen LogP contribution >= 0.6 is 0 Å². The Labute approximate surface area is 180 Å². The zero-order chi connectivity index (χ0) is 20.8. The second-order valence-corrected chi connectivity index (χ2v) is 10.3. The van der Waals surface area contributed by atoms with Gasteiger partial charge >= 0.3 is 0 Å². The molecule has 4 heterocycles. The van der Waals surface area contributed by atoms with Crippen LogP contribution in [-0.2, 0) is 14.3 Å². The van der Waals surface area contributed by atoms with Gasteiger partial charge in [0.25, 0.3) is 5.91 Å². The number of hydrogen-bond donors (Lipinski definition) is 2. The van der Waals surface area contributed by atoms with E-state index in [2.05, 4.69) is 27.4 Å². The molecule has 168 valence electrons. The summed E-state index contributed by atoms with van der Waals surface area (Å²) in [4.78, 5) is 30.1. The highest BCUT2D eigenvalue weighted by Crippen LogP contribution is 2.39. The van der Waals surface area contributed by atoms with Crippen molar-refractivity contribution >= 4 is 11.8 Å². The van der Waals surface area contributed by atoms with E-state index in [-0.39, 0.29) is 36.0 Å².